The lowest BCUT2D eigenvalue weighted by atomic mass is 9.77. The van der Waals surface area contributed by atoms with E-state index < -0.39 is 5.54 Å². The van der Waals surface area contributed by atoms with Crippen molar-refractivity contribution in [2.24, 2.45) is 17.6 Å². The Morgan fingerprint density at radius 2 is 2.38 bits per heavy atom. The van der Waals surface area contributed by atoms with Gasteiger partial charge in [0.2, 0.25) is 5.91 Å². The predicted molar refractivity (Wildman–Crippen MR) is 63.8 cm³/mol. The fourth-order valence-corrected chi connectivity index (χ4v) is 2.83. The number of hydrogen-bond acceptors (Lipinski definition) is 3. The zero-order valence-electron chi connectivity index (χ0n) is 11.3. The summed E-state index contributed by atoms with van der Waals surface area (Å²) in [5.74, 6) is -0.147. The molecule has 0 bridgehead atoms. The van der Waals surface area contributed by atoms with Crippen molar-refractivity contribution in [2.75, 3.05) is 20.2 Å². The molecule has 0 aromatic rings. The quantitative estimate of drug-likeness (QED) is 0.725. The van der Waals surface area contributed by atoms with Crippen molar-refractivity contribution in [3.63, 3.8) is 0 Å². The van der Waals surface area contributed by atoms with Crippen LogP contribution in [-0.4, -0.2) is 41.6 Å². The summed E-state index contributed by atoms with van der Waals surface area (Å²) in [6.07, 6.45) is 2.30. The zero-order chi connectivity index (χ0) is 13.1. The number of primary amides is 1. The summed E-state index contributed by atoms with van der Waals surface area (Å²) in [4.78, 5) is 13.7. The molecule has 1 aliphatic heterocycles. The number of hydrogen-bond donors (Lipinski definition) is 2. The largest absolute Gasteiger partial charge is 0.396 e. The SMILES string of the molecule is [2H]CN1CCC[C@]1(C(N)=O)[C@@H](CO)CC(C)C. The molecule has 1 fully saturated rings. The van der Waals surface area contributed by atoms with Gasteiger partial charge in [0.15, 0.2) is 0 Å². The van der Waals surface area contributed by atoms with Gasteiger partial charge >= 0.3 is 0 Å². The summed E-state index contributed by atoms with van der Waals surface area (Å²) in [5, 5.41) is 9.57. The van der Waals surface area contributed by atoms with Crippen LogP contribution in [0, 0.1) is 11.8 Å². The molecule has 0 aromatic carbocycles. The number of nitrogens with zero attached hydrogens (tertiary/aromatic N) is 1. The Labute approximate surface area is 99.2 Å². The number of rotatable bonds is 5. The fourth-order valence-electron chi connectivity index (χ4n) is 2.83. The standard InChI is InChI=1S/C12H24N2O2/c1-9(2)7-10(8-15)12(11(13)16)5-4-6-14(12)3/h9-10,15H,4-8H2,1-3H3,(H2,13,16)/t10-,12-/m1/s1/i3D. The highest BCUT2D eigenvalue weighted by molar-refractivity contribution is 5.85. The highest BCUT2D eigenvalue weighted by atomic mass is 16.3. The van der Waals surface area contributed by atoms with Gasteiger partial charge in [-0.05, 0) is 38.7 Å². The molecule has 16 heavy (non-hydrogen) atoms. The first-order valence-electron chi connectivity index (χ1n) is 6.64. The van der Waals surface area contributed by atoms with Crippen molar-refractivity contribution in [3.05, 3.63) is 0 Å². The maximum atomic E-state index is 11.9. The first-order chi connectivity index (χ1) is 7.98. The van der Waals surface area contributed by atoms with E-state index in [1.54, 1.807) is 0 Å². The maximum absolute atomic E-state index is 11.9. The minimum absolute atomic E-state index is 0.0440. The van der Waals surface area contributed by atoms with Crippen LogP contribution in [-0.2, 0) is 4.79 Å². The molecule has 0 unspecified atom stereocenters. The van der Waals surface area contributed by atoms with Gasteiger partial charge in [0, 0.05) is 13.9 Å². The second kappa shape index (κ2) is 5.15. The lowest BCUT2D eigenvalue weighted by Gasteiger charge is -2.40. The van der Waals surface area contributed by atoms with E-state index in [0.717, 1.165) is 19.4 Å². The number of likely N-dealkylation sites (N-methyl/N-ethyl adjacent to an activating group) is 1. The van der Waals surface area contributed by atoms with E-state index in [4.69, 9.17) is 7.10 Å². The molecule has 0 spiro atoms. The number of carbonyl (C=O) groups is 1. The van der Waals surface area contributed by atoms with Crippen LogP contribution in [0.4, 0.5) is 0 Å². The Bertz CT molecular complexity index is 273. The van der Waals surface area contributed by atoms with Crippen molar-refractivity contribution in [1.29, 1.82) is 0 Å². The highest BCUT2D eigenvalue weighted by Crippen LogP contribution is 2.37. The smallest absolute Gasteiger partial charge is 0.238 e. The summed E-state index contributed by atoms with van der Waals surface area (Å²) >= 11 is 0. The fraction of sp³-hybridized carbons (Fsp3) is 0.917. The van der Waals surface area contributed by atoms with E-state index in [1.165, 1.54) is 0 Å². The molecule has 94 valence electrons. The van der Waals surface area contributed by atoms with Gasteiger partial charge in [-0.1, -0.05) is 13.8 Å². The van der Waals surface area contributed by atoms with Gasteiger partial charge in [0.25, 0.3) is 0 Å². The molecule has 2 atom stereocenters. The van der Waals surface area contributed by atoms with Crippen LogP contribution in [0.2, 0.25) is 0 Å². The Morgan fingerprint density at radius 3 is 2.81 bits per heavy atom. The van der Waals surface area contributed by atoms with Crippen LogP contribution < -0.4 is 5.73 Å². The first-order valence-corrected chi connectivity index (χ1v) is 5.94. The average molecular weight is 229 g/mol. The third kappa shape index (κ3) is 2.23. The van der Waals surface area contributed by atoms with Crippen molar-refractivity contribution in [1.82, 2.24) is 4.90 Å². The van der Waals surface area contributed by atoms with Crippen molar-refractivity contribution in [2.45, 2.75) is 38.6 Å². The van der Waals surface area contributed by atoms with E-state index in [0.29, 0.717) is 12.3 Å². The molecule has 1 saturated heterocycles. The number of aliphatic hydroxyl groups is 1. The Kier molecular flexibility index (Phi) is 3.82. The van der Waals surface area contributed by atoms with Crippen molar-refractivity contribution in [3.8, 4) is 0 Å². The predicted octanol–water partition coefficient (Wildman–Crippen LogP) is 0.591. The third-order valence-corrected chi connectivity index (χ3v) is 3.63. The molecular weight excluding hydrogens is 204 g/mol. The highest BCUT2D eigenvalue weighted by Gasteiger charge is 2.49. The van der Waals surface area contributed by atoms with Gasteiger partial charge in [-0.3, -0.25) is 9.69 Å². The average Bonchev–Trinajstić information content (AvgIpc) is 2.69. The van der Waals surface area contributed by atoms with Gasteiger partial charge in [-0.25, -0.2) is 0 Å². The molecule has 0 aliphatic carbocycles. The zero-order valence-corrected chi connectivity index (χ0v) is 10.3. The molecule has 1 amide bonds. The summed E-state index contributed by atoms with van der Waals surface area (Å²) in [6, 6.07) is 0. The Balaban J connectivity index is 3.00. The summed E-state index contributed by atoms with van der Waals surface area (Å²) in [5.41, 5.74) is 4.77. The van der Waals surface area contributed by atoms with Crippen molar-refractivity contribution >= 4 is 5.91 Å². The molecule has 4 nitrogen and oxygen atoms in total. The van der Waals surface area contributed by atoms with E-state index in [2.05, 4.69) is 13.8 Å². The van der Waals surface area contributed by atoms with Crippen LogP contribution in [0.1, 0.15) is 34.5 Å². The van der Waals surface area contributed by atoms with E-state index in [-0.39, 0.29) is 25.5 Å². The van der Waals surface area contributed by atoms with Crippen LogP contribution in [0.5, 0.6) is 0 Å². The molecule has 1 heterocycles. The number of likely N-dealkylation sites (tertiary alicyclic amines) is 1. The molecule has 4 heteroatoms. The van der Waals surface area contributed by atoms with Gasteiger partial charge in [-0.2, -0.15) is 0 Å². The summed E-state index contributed by atoms with van der Waals surface area (Å²) in [7, 11) is 0.0670. The molecule has 0 radical (unpaired) electrons. The summed E-state index contributed by atoms with van der Waals surface area (Å²) in [6.45, 7) is 4.81. The van der Waals surface area contributed by atoms with Gasteiger partial charge in [0.1, 0.15) is 5.54 Å². The van der Waals surface area contributed by atoms with Gasteiger partial charge in [-0.15, -0.1) is 0 Å². The summed E-state index contributed by atoms with van der Waals surface area (Å²) < 4.78 is 7.54. The lowest BCUT2D eigenvalue weighted by molar-refractivity contribution is -0.132. The number of carbonyl (C=O) groups excluding carboxylic acids is 1. The Morgan fingerprint density at radius 1 is 1.69 bits per heavy atom. The minimum atomic E-state index is -0.805. The molecule has 1 rings (SSSR count). The van der Waals surface area contributed by atoms with E-state index >= 15 is 0 Å². The van der Waals surface area contributed by atoms with Crippen LogP contribution in [0.15, 0.2) is 0 Å². The van der Waals surface area contributed by atoms with Gasteiger partial charge < -0.3 is 10.8 Å². The van der Waals surface area contributed by atoms with Crippen LogP contribution in [0.25, 0.3) is 0 Å². The van der Waals surface area contributed by atoms with E-state index in [9.17, 15) is 9.90 Å². The number of amides is 1. The lowest BCUT2D eigenvalue weighted by Crippen LogP contribution is -2.58. The third-order valence-electron chi connectivity index (χ3n) is 3.63. The number of aliphatic hydroxyl groups excluding tert-OH is 1. The normalized spacial score (nSPS) is 29.4. The molecule has 0 aromatic heterocycles. The maximum Gasteiger partial charge on any atom is 0.238 e. The minimum Gasteiger partial charge on any atom is -0.396 e. The number of nitrogens with two attached hydrogens (primary N) is 1. The van der Waals surface area contributed by atoms with Crippen LogP contribution >= 0.6 is 0 Å². The molecular formula is C12H24N2O2. The second-order valence-corrected chi connectivity index (χ2v) is 5.16. The molecule has 1 aliphatic rings. The topological polar surface area (TPSA) is 66.6 Å². The molecule has 3 N–H and O–H groups in total. The monoisotopic (exact) mass is 229 g/mol. The van der Waals surface area contributed by atoms with E-state index in [1.807, 2.05) is 4.90 Å². The van der Waals surface area contributed by atoms with Crippen molar-refractivity contribution < 1.29 is 11.3 Å². The first kappa shape index (κ1) is 11.9. The van der Waals surface area contributed by atoms with Gasteiger partial charge in [0.05, 0.1) is 0 Å². The second-order valence-electron chi connectivity index (χ2n) is 5.16. The molecule has 0 saturated carbocycles. The Hall–Kier alpha value is -0.610. The van der Waals surface area contributed by atoms with Crippen LogP contribution in [0.3, 0.4) is 0 Å².